The Morgan fingerprint density at radius 3 is 2.18 bits per heavy atom. The van der Waals surface area contributed by atoms with Gasteiger partial charge in [0.05, 0.1) is 14.2 Å². The normalized spacial score (nSPS) is 24.4. The highest BCUT2D eigenvalue weighted by molar-refractivity contribution is 5.39. The van der Waals surface area contributed by atoms with Gasteiger partial charge in [-0.15, -0.1) is 0 Å². The Morgan fingerprint density at radius 2 is 1.71 bits per heavy atom. The Hall–Kier alpha value is -1.22. The fraction of sp³-hybridized carbons (Fsp3) is 0.571. The first-order valence-electron chi connectivity index (χ1n) is 6.19. The average molecular weight is 235 g/mol. The second-order valence-electron chi connectivity index (χ2n) is 4.79. The van der Waals surface area contributed by atoms with E-state index < -0.39 is 0 Å². The van der Waals surface area contributed by atoms with Crippen molar-refractivity contribution in [1.29, 1.82) is 0 Å². The maximum absolute atomic E-state index is 5.30. The number of piperidine rings is 1. The van der Waals surface area contributed by atoms with E-state index in [4.69, 9.17) is 9.47 Å². The molecule has 94 valence electrons. The third-order valence-corrected chi connectivity index (χ3v) is 3.44. The molecule has 2 unspecified atom stereocenters. The van der Waals surface area contributed by atoms with Crippen LogP contribution in [0.1, 0.15) is 31.4 Å². The Balaban J connectivity index is 2.19. The summed E-state index contributed by atoms with van der Waals surface area (Å²) in [6, 6.07) is 6.52. The van der Waals surface area contributed by atoms with Gasteiger partial charge < -0.3 is 14.8 Å². The Morgan fingerprint density at radius 1 is 1.06 bits per heavy atom. The minimum atomic E-state index is 0.426. The molecule has 0 aliphatic carbocycles. The lowest BCUT2D eigenvalue weighted by molar-refractivity contribution is 0.330. The van der Waals surface area contributed by atoms with Gasteiger partial charge in [-0.05, 0) is 43.0 Å². The molecule has 1 N–H and O–H groups in total. The lowest BCUT2D eigenvalue weighted by Crippen LogP contribution is -2.31. The van der Waals surface area contributed by atoms with Crippen LogP contribution in [-0.4, -0.2) is 20.8 Å². The molecule has 3 heteroatoms. The monoisotopic (exact) mass is 235 g/mol. The van der Waals surface area contributed by atoms with E-state index >= 15 is 0 Å². The second-order valence-corrected chi connectivity index (χ2v) is 4.79. The van der Waals surface area contributed by atoms with Crippen LogP contribution in [-0.2, 0) is 0 Å². The van der Waals surface area contributed by atoms with Crippen molar-refractivity contribution in [3.8, 4) is 11.5 Å². The zero-order valence-electron chi connectivity index (χ0n) is 10.8. The highest BCUT2D eigenvalue weighted by atomic mass is 16.5. The van der Waals surface area contributed by atoms with Crippen LogP contribution in [0.3, 0.4) is 0 Å². The summed E-state index contributed by atoms with van der Waals surface area (Å²) in [5.74, 6) is 2.50. The van der Waals surface area contributed by atoms with Gasteiger partial charge >= 0.3 is 0 Å². The van der Waals surface area contributed by atoms with Crippen molar-refractivity contribution in [1.82, 2.24) is 5.32 Å². The van der Waals surface area contributed by atoms with Gasteiger partial charge in [0, 0.05) is 12.1 Å². The predicted octanol–water partition coefficient (Wildman–Crippen LogP) is 2.76. The van der Waals surface area contributed by atoms with E-state index in [1.54, 1.807) is 14.2 Å². The quantitative estimate of drug-likeness (QED) is 0.874. The van der Waals surface area contributed by atoms with Gasteiger partial charge in [-0.25, -0.2) is 0 Å². The number of nitrogens with one attached hydrogen (secondary N) is 1. The molecule has 3 nitrogen and oxygen atoms in total. The molecule has 0 aromatic heterocycles. The summed E-state index contributed by atoms with van der Waals surface area (Å²) in [6.45, 7) is 3.37. The summed E-state index contributed by atoms with van der Waals surface area (Å²) >= 11 is 0. The van der Waals surface area contributed by atoms with E-state index in [9.17, 15) is 0 Å². The molecule has 1 fully saturated rings. The van der Waals surface area contributed by atoms with Gasteiger partial charge in [0.1, 0.15) is 11.5 Å². The third-order valence-electron chi connectivity index (χ3n) is 3.44. The SMILES string of the molecule is COc1cc(OC)cc(C2CCC(C)CN2)c1. The highest BCUT2D eigenvalue weighted by Gasteiger charge is 2.19. The Bertz CT molecular complexity index is 348. The molecule has 0 radical (unpaired) electrons. The molecule has 1 aliphatic rings. The van der Waals surface area contributed by atoms with Crippen molar-refractivity contribution in [3.63, 3.8) is 0 Å². The number of methoxy groups -OCH3 is 2. The number of benzene rings is 1. The number of hydrogen-bond acceptors (Lipinski definition) is 3. The van der Waals surface area contributed by atoms with Gasteiger partial charge in [0.25, 0.3) is 0 Å². The molecule has 17 heavy (non-hydrogen) atoms. The Kier molecular flexibility index (Phi) is 3.89. The molecule has 0 bridgehead atoms. The summed E-state index contributed by atoms with van der Waals surface area (Å²) in [5.41, 5.74) is 1.26. The fourth-order valence-electron chi connectivity index (χ4n) is 2.31. The van der Waals surface area contributed by atoms with Crippen LogP contribution in [0.4, 0.5) is 0 Å². The molecule has 1 heterocycles. The van der Waals surface area contributed by atoms with Crippen LogP contribution in [0, 0.1) is 5.92 Å². The predicted molar refractivity (Wildman–Crippen MR) is 68.7 cm³/mol. The van der Waals surface area contributed by atoms with Crippen LogP contribution in [0.15, 0.2) is 18.2 Å². The van der Waals surface area contributed by atoms with Crippen molar-refractivity contribution < 1.29 is 9.47 Å². The molecular formula is C14H21NO2. The molecule has 0 saturated carbocycles. The van der Waals surface area contributed by atoms with E-state index in [0.29, 0.717) is 6.04 Å². The summed E-state index contributed by atoms with van der Waals surface area (Å²) in [4.78, 5) is 0. The summed E-state index contributed by atoms with van der Waals surface area (Å²) in [6.07, 6.45) is 2.45. The van der Waals surface area contributed by atoms with E-state index in [0.717, 1.165) is 24.0 Å². The molecule has 0 amide bonds. The molecule has 2 rings (SSSR count). The average Bonchev–Trinajstić information content (AvgIpc) is 2.39. The molecule has 2 atom stereocenters. The zero-order chi connectivity index (χ0) is 12.3. The molecule has 1 saturated heterocycles. The van der Waals surface area contributed by atoms with Gasteiger partial charge in [0.15, 0.2) is 0 Å². The van der Waals surface area contributed by atoms with Crippen LogP contribution in [0.5, 0.6) is 11.5 Å². The smallest absolute Gasteiger partial charge is 0.122 e. The van der Waals surface area contributed by atoms with Gasteiger partial charge in [-0.2, -0.15) is 0 Å². The molecular weight excluding hydrogens is 214 g/mol. The first-order chi connectivity index (χ1) is 8.22. The zero-order valence-corrected chi connectivity index (χ0v) is 10.8. The lowest BCUT2D eigenvalue weighted by atomic mass is 9.92. The van der Waals surface area contributed by atoms with Crippen molar-refractivity contribution in [3.05, 3.63) is 23.8 Å². The van der Waals surface area contributed by atoms with Crippen LogP contribution in [0.25, 0.3) is 0 Å². The standard InChI is InChI=1S/C14H21NO2/c1-10-4-5-14(15-9-10)11-6-12(16-2)8-13(7-11)17-3/h6-8,10,14-15H,4-5,9H2,1-3H3. The summed E-state index contributed by atoms with van der Waals surface area (Å²) in [7, 11) is 3.38. The molecule has 1 aromatic rings. The number of hydrogen-bond donors (Lipinski definition) is 1. The van der Waals surface area contributed by atoms with E-state index in [-0.39, 0.29) is 0 Å². The van der Waals surface area contributed by atoms with Gasteiger partial charge in [0.2, 0.25) is 0 Å². The van der Waals surface area contributed by atoms with Crippen molar-refractivity contribution >= 4 is 0 Å². The van der Waals surface area contributed by atoms with Gasteiger partial charge in [-0.1, -0.05) is 6.92 Å². The number of ether oxygens (including phenoxy) is 2. The maximum atomic E-state index is 5.30. The summed E-state index contributed by atoms with van der Waals surface area (Å²) in [5, 5.41) is 3.58. The van der Waals surface area contributed by atoms with Crippen molar-refractivity contribution in [2.45, 2.75) is 25.8 Å². The minimum absolute atomic E-state index is 0.426. The van der Waals surface area contributed by atoms with Crippen molar-refractivity contribution in [2.24, 2.45) is 5.92 Å². The maximum Gasteiger partial charge on any atom is 0.122 e. The van der Waals surface area contributed by atoms with Crippen LogP contribution in [0.2, 0.25) is 0 Å². The molecule has 1 aliphatic heterocycles. The minimum Gasteiger partial charge on any atom is -0.497 e. The van der Waals surface area contributed by atoms with Crippen LogP contribution >= 0.6 is 0 Å². The second kappa shape index (κ2) is 5.41. The Labute approximate surface area is 103 Å². The topological polar surface area (TPSA) is 30.5 Å². The molecule has 1 aromatic carbocycles. The summed E-state index contributed by atoms with van der Waals surface area (Å²) < 4.78 is 10.6. The van der Waals surface area contributed by atoms with Crippen molar-refractivity contribution in [2.75, 3.05) is 20.8 Å². The van der Waals surface area contributed by atoms with E-state index in [2.05, 4.69) is 24.4 Å². The number of rotatable bonds is 3. The van der Waals surface area contributed by atoms with Crippen LogP contribution < -0.4 is 14.8 Å². The van der Waals surface area contributed by atoms with Gasteiger partial charge in [-0.3, -0.25) is 0 Å². The fourth-order valence-corrected chi connectivity index (χ4v) is 2.31. The molecule has 0 spiro atoms. The first-order valence-corrected chi connectivity index (χ1v) is 6.19. The van der Waals surface area contributed by atoms with E-state index in [1.165, 1.54) is 18.4 Å². The largest absolute Gasteiger partial charge is 0.497 e. The highest BCUT2D eigenvalue weighted by Crippen LogP contribution is 2.31. The lowest BCUT2D eigenvalue weighted by Gasteiger charge is -2.28. The third kappa shape index (κ3) is 2.91. The first kappa shape index (κ1) is 12.2. The van der Waals surface area contributed by atoms with E-state index in [1.807, 2.05) is 6.07 Å².